The number of ether oxygens (including phenoxy) is 1. The smallest absolute Gasteiger partial charge is 0.245 e. The first-order valence-electron chi connectivity index (χ1n) is 14.8. The molecule has 6 amide bonds. The van der Waals surface area contributed by atoms with Crippen LogP contribution in [-0.4, -0.2) is 97.9 Å². The second-order valence-electron chi connectivity index (χ2n) is 11.0. The van der Waals surface area contributed by atoms with Crippen molar-refractivity contribution in [3.8, 4) is 0 Å². The second-order valence-corrected chi connectivity index (χ2v) is 11.0. The molecular weight excluding hydrogens is 556 g/mol. The fourth-order valence-corrected chi connectivity index (χ4v) is 4.50. The van der Waals surface area contributed by atoms with Crippen LogP contribution in [0.2, 0.25) is 0 Å². The zero-order chi connectivity index (χ0) is 31.9. The van der Waals surface area contributed by atoms with Crippen molar-refractivity contribution in [2.45, 2.75) is 77.5 Å². The van der Waals surface area contributed by atoms with E-state index in [1.54, 1.807) is 13.8 Å². The molecule has 13 heteroatoms. The second kappa shape index (κ2) is 17.8. The molecule has 0 radical (unpaired) electrons. The molecule has 5 N–H and O–H groups in total. The summed E-state index contributed by atoms with van der Waals surface area (Å²) in [7, 11) is 1.47. The van der Waals surface area contributed by atoms with Gasteiger partial charge in [-0.2, -0.15) is 0 Å². The van der Waals surface area contributed by atoms with Gasteiger partial charge in [0.05, 0.1) is 13.2 Å². The lowest BCUT2D eigenvalue weighted by Gasteiger charge is -2.28. The molecule has 0 aromatic heterocycles. The number of carbonyl (C=O) groups is 6. The van der Waals surface area contributed by atoms with E-state index in [0.717, 1.165) is 5.56 Å². The minimum atomic E-state index is -1.04. The van der Waals surface area contributed by atoms with E-state index >= 15 is 0 Å². The van der Waals surface area contributed by atoms with Crippen molar-refractivity contribution in [3.63, 3.8) is 0 Å². The summed E-state index contributed by atoms with van der Waals surface area (Å²) in [5, 5.41) is 13.5. The SMILES string of the molecule is CCOCCC(=O)N[C@H]1CCCNC(=O)CN(C)C(=O)[C@H](Cc2ccccc2)NC(=O)[C@@H](C)NC(=O)[C@@H](C(C)C)NC1=O. The fraction of sp³-hybridized carbons (Fsp3) is 0.600. The van der Waals surface area contributed by atoms with Crippen LogP contribution in [0.1, 0.15) is 52.5 Å². The van der Waals surface area contributed by atoms with Gasteiger partial charge in [-0.05, 0) is 38.2 Å². The Bertz CT molecular complexity index is 1110. The van der Waals surface area contributed by atoms with E-state index in [9.17, 15) is 28.8 Å². The number of amides is 6. The molecule has 0 bridgehead atoms. The lowest BCUT2D eigenvalue weighted by atomic mass is 10.0. The number of benzene rings is 1. The molecule has 1 heterocycles. The van der Waals surface area contributed by atoms with Gasteiger partial charge < -0.3 is 36.2 Å². The molecule has 13 nitrogen and oxygen atoms in total. The Balaban J connectivity index is 2.29. The van der Waals surface area contributed by atoms with Crippen molar-refractivity contribution in [2.75, 3.05) is 33.4 Å². The minimum absolute atomic E-state index is 0.0563. The Morgan fingerprint density at radius 1 is 1.02 bits per heavy atom. The average Bonchev–Trinajstić information content (AvgIpc) is 2.96. The van der Waals surface area contributed by atoms with Gasteiger partial charge in [0.2, 0.25) is 35.4 Å². The van der Waals surface area contributed by atoms with Crippen LogP contribution in [0, 0.1) is 5.92 Å². The van der Waals surface area contributed by atoms with Crippen LogP contribution in [-0.2, 0) is 39.9 Å². The zero-order valence-corrected chi connectivity index (χ0v) is 25.7. The number of hydrogen-bond acceptors (Lipinski definition) is 7. The van der Waals surface area contributed by atoms with Gasteiger partial charge in [-0.3, -0.25) is 28.8 Å². The molecule has 1 fully saturated rings. The number of carbonyl (C=O) groups excluding carboxylic acids is 6. The summed E-state index contributed by atoms with van der Waals surface area (Å²) in [6.07, 6.45) is 0.766. The van der Waals surface area contributed by atoms with Crippen molar-refractivity contribution in [3.05, 3.63) is 35.9 Å². The maximum Gasteiger partial charge on any atom is 0.245 e. The highest BCUT2D eigenvalue weighted by atomic mass is 16.5. The molecule has 0 saturated carbocycles. The summed E-state index contributed by atoms with van der Waals surface area (Å²) in [4.78, 5) is 79.4. The Labute approximate surface area is 253 Å². The molecule has 1 saturated heterocycles. The van der Waals surface area contributed by atoms with E-state index in [1.807, 2.05) is 37.3 Å². The standard InChI is InChI=1S/C30H46N6O7/c1-6-43-16-14-24(37)33-22-13-10-15-31-25(38)18-36(5)30(42)23(17-21-11-8-7-9-12-21)34-27(39)20(4)32-29(41)26(19(2)3)35-28(22)40/h7-9,11-12,19-20,22-23,26H,6,10,13-18H2,1-5H3,(H,31,38)(H,32,41)(H,33,37)(H,34,39)(H,35,40)/t20-,22+,23+,26-/m1/s1. The normalized spacial score (nSPS) is 23.4. The van der Waals surface area contributed by atoms with Gasteiger partial charge >= 0.3 is 0 Å². The van der Waals surface area contributed by atoms with Crippen molar-refractivity contribution >= 4 is 35.4 Å². The molecular formula is C30H46N6O7. The predicted molar refractivity (Wildman–Crippen MR) is 159 cm³/mol. The highest BCUT2D eigenvalue weighted by Gasteiger charge is 2.32. The van der Waals surface area contributed by atoms with Gasteiger partial charge in [0.1, 0.15) is 24.2 Å². The summed E-state index contributed by atoms with van der Waals surface area (Å²) in [5.41, 5.74) is 0.806. The first-order chi connectivity index (χ1) is 20.4. The van der Waals surface area contributed by atoms with Crippen molar-refractivity contribution in [1.29, 1.82) is 0 Å². The quantitative estimate of drug-likeness (QED) is 0.253. The van der Waals surface area contributed by atoms with Crippen LogP contribution >= 0.6 is 0 Å². The van der Waals surface area contributed by atoms with E-state index in [0.29, 0.717) is 13.0 Å². The Kier molecular flexibility index (Phi) is 14.6. The summed E-state index contributed by atoms with van der Waals surface area (Å²) < 4.78 is 5.22. The third-order valence-corrected chi connectivity index (χ3v) is 6.97. The Hall–Kier alpha value is -4.00. The molecule has 2 rings (SSSR count). The first kappa shape index (κ1) is 35.2. The molecule has 1 aromatic carbocycles. The number of rotatable bonds is 8. The van der Waals surface area contributed by atoms with E-state index < -0.39 is 53.7 Å². The van der Waals surface area contributed by atoms with Crippen LogP contribution in [0.25, 0.3) is 0 Å². The molecule has 43 heavy (non-hydrogen) atoms. The van der Waals surface area contributed by atoms with Gasteiger partial charge in [-0.1, -0.05) is 44.2 Å². The van der Waals surface area contributed by atoms with Crippen LogP contribution in [0.4, 0.5) is 0 Å². The lowest BCUT2D eigenvalue weighted by molar-refractivity contribution is -0.139. The average molecular weight is 603 g/mol. The van der Waals surface area contributed by atoms with Crippen LogP contribution in [0.3, 0.4) is 0 Å². The van der Waals surface area contributed by atoms with E-state index in [4.69, 9.17) is 4.74 Å². The van der Waals surface area contributed by atoms with E-state index in [1.165, 1.54) is 18.9 Å². The summed E-state index contributed by atoms with van der Waals surface area (Å²) in [6.45, 7) is 7.37. The summed E-state index contributed by atoms with van der Waals surface area (Å²) >= 11 is 0. The lowest BCUT2D eigenvalue weighted by Crippen LogP contribution is -2.59. The number of likely N-dealkylation sites (N-methyl/N-ethyl adjacent to an activating group) is 1. The van der Waals surface area contributed by atoms with Crippen LogP contribution < -0.4 is 26.6 Å². The molecule has 0 spiro atoms. The van der Waals surface area contributed by atoms with E-state index in [-0.39, 0.29) is 50.8 Å². The van der Waals surface area contributed by atoms with Crippen molar-refractivity contribution < 1.29 is 33.5 Å². The predicted octanol–water partition coefficient (Wildman–Crippen LogP) is -0.361. The number of hydrogen-bond donors (Lipinski definition) is 5. The highest BCUT2D eigenvalue weighted by molar-refractivity contribution is 5.96. The molecule has 0 aliphatic carbocycles. The van der Waals surface area contributed by atoms with Gasteiger partial charge in [0, 0.05) is 33.0 Å². The number of nitrogens with one attached hydrogen (secondary N) is 5. The third kappa shape index (κ3) is 12.0. The molecule has 1 aromatic rings. The van der Waals surface area contributed by atoms with Crippen molar-refractivity contribution in [1.82, 2.24) is 31.5 Å². The molecule has 4 atom stereocenters. The van der Waals surface area contributed by atoms with Gasteiger partial charge in [-0.25, -0.2) is 0 Å². The number of nitrogens with zero attached hydrogens (tertiary/aromatic N) is 1. The minimum Gasteiger partial charge on any atom is -0.381 e. The third-order valence-electron chi connectivity index (χ3n) is 6.97. The maximum atomic E-state index is 13.4. The van der Waals surface area contributed by atoms with E-state index in [2.05, 4.69) is 26.6 Å². The molecule has 0 unspecified atom stereocenters. The zero-order valence-electron chi connectivity index (χ0n) is 25.7. The maximum absolute atomic E-state index is 13.4. The first-order valence-corrected chi connectivity index (χ1v) is 14.8. The monoisotopic (exact) mass is 602 g/mol. The summed E-state index contributed by atoms with van der Waals surface area (Å²) in [6, 6.07) is 5.13. The van der Waals surface area contributed by atoms with Crippen molar-refractivity contribution in [2.24, 2.45) is 5.92 Å². The highest BCUT2D eigenvalue weighted by Crippen LogP contribution is 2.09. The van der Waals surface area contributed by atoms with Crippen LogP contribution in [0.15, 0.2) is 30.3 Å². The largest absolute Gasteiger partial charge is 0.381 e. The van der Waals surface area contributed by atoms with Gasteiger partial charge in [-0.15, -0.1) is 0 Å². The molecule has 1 aliphatic rings. The molecule has 238 valence electrons. The Morgan fingerprint density at radius 3 is 2.37 bits per heavy atom. The van der Waals surface area contributed by atoms with Gasteiger partial charge in [0.25, 0.3) is 0 Å². The molecule has 1 aliphatic heterocycles. The Morgan fingerprint density at radius 2 is 1.72 bits per heavy atom. The summed E-state index contributed by atoms with van der Waals surface area (Å²) in [5.74, 6) is -3.35. The van der Waals surface area contributed by atoms with Crippen LogP contribution in [0.5, 0.6) is 0 Å². The topological polar surface area (TPSA) is 175 Å². The fourth-order valence-electron chi connectivity index (χ4n) is 4.50. The van der Waals surface area contributed by atoms with Gasteiger partial charge in [0.15, 0.2) is 0 Å².